The number of hydrogen-bond donors (Lipinski definition) is 2. The van der Waals surface area contributed by atoms with Crippen molar-refractivity contribution in [1.29, 1.82) is 0 Å². The molecule has 1 fully saturated rings. The first-order valence-corrected chi connectivity index (χ1v) is 8.86. The third kappa shape index (κ3) is 6.48. The number of likely N-dealkylation sites (tertiary alicyclic amines) is 1. The SMILES string of the molecule is Cc1cc(C)cc(NC(=O)CN2CCCC(N(C)CC(=O)O)CC2)c1. The Labute approximate surface area is 149 Å². The van der Waals surface area contributed by atoms with Crippen molar-refractivity contribution in [1.82, 2.24) is 9.80 Å². The number of carbonyl (C=O) groups is 2. The maximum atomic E-state index is 12.3. The van der Waals surface area contributed by atoms with Gasteiger partial charge in [0.2, 0.25) is 5.91 Å². The van der Waals surface area contributed by atoms with Crippen molar-refractivity contribution in [2.45, 2.75) is 39.2 Å². The number of aryl methyl sites for hydroxylation is 2. The van der Waals surface area contributed by atoms with Gasteiger partial charge in [-0.05, 0) is 70.0 Å². The molecule has 1 saturated heterocycles. The van der Waals surface area contributed by atoms with E-state index in [2.05, 4.69) is 16.3 Å². The maximum absolute atomic E-state index is 12.3. The molecule has 0 aliphatic carbocycles. The Hall–Kier alpha value is -1.92. The fraction of sp³-hybridized carbons (Fsp3) is 0.579. The first kappa shape index (κ1) is 19.4. The van der Waals surface area contributed by atoms with Crippen LogP contribution in [-0.2, 0) is 9.59 Å². The average Bonchev–Trinajstić information content (AvgIpc) is 2.70. The van der Waals surface area contributed by atoms with E-state index in [-0.39, 0.29) is 18.5 Å². The van der Waals surface area contributed by atoms with Crippen molar-refractivity contribution in [2.75, 3.05) is 38.5 Å². The van der Waals surface area contributed by atoms with Crippen molar-refractivity contribution in [3.05, 3.63) is 29.3 Å². The molecule has 2 rings (SSSR count). The van der Waals surface area contributed by atoms with E-state index in [4.69, 9.17) is 5.11 Å². The number of likely N-dealkylation sites (N-methyl/N-ethyl adjacent to an activating group) is 1. The number of amides is 1. The number of anilines is 1. The van der Waals surface area contributed by atoms with Gasteiger partial charge in [-0.2, -0.15) is 0 Å². The number of benzene rings is 1. The Kier molecular flexibility index (Phi) is 6.96. The van der Waals surface area contributed by atoms with Crippen LogP contribution in [0.4, 0.5) is 5.69 Å². The Bertz CT molecular complexity index is 598. The van der Waals surface area contributed by atoms with E-state index < -0.39 is 5.97 Å². The molecule has 2 N–H and O–H groups in total. The minimum atomic E-state index is -0.795. The highest BCUT2D eigenvalue weighted by Crippen LogP contribution is 2.17. The molecule has 6 nitrogen and oxygen atoms in total. The minimum Gasteiger partial charge on any atom is -0.480 e. The van der Waals surface area contributed by atoms with Crippen LogP contribution in [0.3, 0.4) is 0 Å². The summed E-state index contributed by atoms with van der Waals surface area (Å²) >= 11 is 0. The van der Waals surface area contributed by atoms with Crippen LogP contribution in [0.1, 0.15) is 30.4 Å². The van der Waals surface area contributed by atoms with Gasteiger partial charge in [-0.3, -0.25) is 19.4 Å². The van der Waals surface area contributed by atoms with Gasteiger partial charge in [0.25, 0.3) is 0 Å². The lowest BCUT2D eigenvalue weighted by Gasteiger charge is -2.25. The molecule has 1 aliphatic rings. The minimum absolute atomic E-state index is 0.00217. The van der Waals surface area contributed by atoms with Gasteiger partial charge in [0, 0.05) is 18.3 Å². The second kappa shape index (κ2) is 8.97. The number of carboxylic acid groups (broad SMARTS) is 1. The Morgan fingerprint density at radius 2 is 1.88 bits per heavy atom. The predicted octanol–water partition coefficient (Wildman–Crippen LogP) is 2.11. The zero-order valence-corrected chi connectivity index (χ0v) is 15.4. The number of hydrogen-bond acceptors (Lipinski definition) is 4. The summed E-state index contributed by atoms with van der Waals surface area (Å²) in [7, 11) is 1.86. The summed E-state index contributed by atoms with van der Waals surface area (Å²) in [6.45, 7) is 6.17. The fourth-order valence-electron chi connectivity index (χ4n) is 3.53. The van der Waals surface area contributed by atoms with Gasteiger partial charge in [0.1, 0.15) is 0 Å². The van der Waals surface area contributed by atoms with Gasteiger partial charge < -0.3 is 10.4 Å². The van der Waals surface area contributed by atoms with Crippen molar-refractivity contribution < 1.29 is 14.7 Å². The van der Waals surface area contributed by atoms with Gasteiger partial charge in [-0.15, -0.1) is 0 Å². The molecule has 0 spiro atoms. The normalized spacial score (nSPS) is 18.8. The Morgan fingerprint density at radius 1 is 1.20 bits per heavy atom. The molecule has 6 heteroatoms. The molecule has 138 valence electrons. The number of aliphatic carboxylic acids is 1. The number of nitrogens with zero attached hydrogens (tertiary/aromatic N) is 2. The molecule has 0 aromatic heterocycles. The van der Waals surface area contributed by atoms with Crippen LogP contribution >= 0.6 is 0 Å². The number of carbonyl (C=O) groups excluding carboxylic acids is 1. The van der Waals surface area contributed by atoms with Gasteiger partial charge in [0.05, 0.1) is 13.1 Å². The van der Waals surface area contributed by atoms with E-state index >= 15 is 0 Å². The monoisotopic (exact) mass is 347 g/mol. The van der Waals surface area contributed by atoms with Crippen LogP contribution in [0.5, 0.6) is 0 Å². The molecular weight excluding hydrogens is 318 g/mol. The van der Waals surface area contributed by atoms with E-state index in [1.807, 2.05) is 37.9 Å². The van der Waals surface area contributed by atoms with Crippen LogP contribution in [0.25, 0.3) is 0 Å². The van der Waals surface area contributed by atoms with E-state index in [1.165, 1.54) is 0 Å². The lowest BCUT2D eigenvalue weighted by Crippen LogP contribution is -2.37. The molecule has 0 bridgehead atoms. The summed E-state index contributed by atoms with van der Waals surface area (Å²) in [6, 6.07) is 6.30. The molecule has 1 aliphatic heterocycles. The smallest absolute Gasteiger partial charge is 0.317 e. The van der Waals surface area contributed by atoms with Crippen molar-refractivity contribution in [2.24, 2.45) is 0 Å². The number of rotatable bonds is 6. The van der Waals surface area contributed by atoms with Gasteiger partial charge in [-0.25, -0.2) is 0 Å². The van der Waals surface area contributed by atoms with Crippen LogP contribution in [0, 0.1) is 13.8 Å². The highest BCUT2D eigenvalue weighted by Gasteiger charge is 2.22. The third-order valence-electron chi connectivity index (χ3n) is 4.67. The van der Waals surface area contributed by atoms with Crippen molar-refractivity contribution in [3.63, 3.8) is 0 Å². The lowest BCUT2D eigenvalue weighted by atomic mass is 10.1. The summed E-state index contributed by atoms with van der Waals surface area (Å²) in [6.07, 6.45) is 2.84. The van der Waals surface area contributed by atoms with E-state index in [0.717, 1.165) is 49.2 Å². The summed E-state index contributed by atoms with van der Waals surface area (Å²) in [5.74, 6) is -0.793. The van der Waals surface area contributed by atoms with Crippen molar-refractivity contribution in [3.8, 4) is 0 Å². The van der Waals surface area contributed by atoms with Gasteiger partial charge >= 0.3 is 5.97 Å². The Morgan fingerprint density at radius 3 is 2.52 bits per heavy atom. The van der Waals surface area contributed by atoms with E-state index in [1.54, 1.807) is 0 Å². The highest BCUT2D eigenvalue weighted by atomic mass is 16.4. The molecule has 1 amide bonds. The van der Waals surface area contributed by atoms with Gasteiger partial charge in [-0.1, -0.05) is 6.07 Å². The average molecular weight is 347 g/mol. The maximum Gasteiger partial charge on any atom is 0.317 e. The predicted molar refractivity (Wildman–Crippen MR) is 98.9 cm³/mol. The summed E-state index contributed by atoms with van der Waals surface area (Å²) < 4.78 is 0. The first-order chi connectivity index (χ1) is 11.8. The topological polar surface area (TPSA) is 72.9 Å². The third-order valence-corrected chi connectivity index (χ3v) is 4.67. The number of carboxylic acids is 1. The van der Waals surface area contributed by atoms with E-state index in [9.17, 15) is 9.59 Å². The zero-order chi connectivity index (χ0) is 18.4. The summed E-state index contributed by atoms with van der Waals surface area (Å²) in [5.41, 5.74) is 3.11. The van der Waals surface area contributed by atoms with Crippen molar-refractivity contribution >= 4 is 17.6 Å². The molecule has 1 aromatic rings. The molecule has 1 heterocycles. The second-order valence-electron chi connectivity index (χ2n) is 7.09. The second-order valence-corrected chi connectivity index (χ2v) is 7.09. The standard InChI is InChI=1S/C19H29N3O3/c1-14-9-15(2)11-16(10-14)20-18(23)12-22-7-4-5-17(6-8-22)21(3)13-19(24)25/h9-11,17H,4-8,12-13H2,1-3H3,(H,20,23)(H,24,25). The van der Waals surface area contributed by atoms with Gasteiger partial charge in [0.15, 0.2) is 0 Å². The molecule has 0 saturated carbocycles. The molecule has 1 atom stereocenters. The molecular formula is C19H29N3O3. The lowest BCUT2D eigenvalue weighted by molar-refractivity contribution is -0.138. The quantitative estimate of drug-likeness (QED) is 0.825. The Balaban J connectivity index is 1.84. The number of nitrogens with one attached hydrogen (secondary N) is 1. The van der Waals surface area contributed by atoms with Crippen LogP contribution in [0.15, 0.2) is 18.2 Å². The molecule has 1 aromatic carbocycles. The fourth-order valence-corrected chi connectivity index (χ4v) is 3.53. The van der Waals surface area contributed by atoms with Crippen LogP contribution in [0.2, 0.25) is 0 Å². The largest absolute Gasteiger partial charge is 0.480 e. The zero-order valence-electron chi connectivity index (χ0n) is 15.4. The molecule has 25 heavy (non-hydrogen) atoms. The highest BCUT2D eigenvalue weighted by molar-refractivity contribution is 5.92. The van der Waals surface area contributed by atoms with E-state index in [0.29, 0.717) is 6.54 Å². The summed E-state index contributed by atoms with van der Waals surface area (Å²) in [5, 5.41) is 11.9. The van der Waals surface area contributed by atoms with Crippen LogP contribution < -0.4 is 5.32 Å². The summed E-state index contributed by atoms with van der Waals surface area (Å²) in [4.78, 5) is 27.3. The molecule has 0 radical (unpaired) electrons. The molecule has 1 unspecified atom stereocenters. The first-order valence-electron chi connectivity index (χ1n) is 8.86. The van der Waals surface area contributed by atoms with Crippen LogP contribution in [-0.4, -0.2) is 66.1 Å².